The number of nitrogens with one attached hydrogen (secondary N) is 1. The summed E-state index contributed by atoms with van der Waals surface area (Å²) in [5.74, 6) is -1.26. The Morgan fingerprint density at radius 3 is 2.68 bits per heavy atom. The zero-order valence-electron chi connectivity index (χ0n) is 11.0. The van der Waals surface area contributed by atoms with Crippen molar-refractivity contribution in [1.29, 1.82) is 0 Å². The van der Waals surface area contributed by atoms with Gasteiger partial charge >= 0.3 is 11.9 Å². The number of anilines is 1. The van der Waals surface area contributed by atoms with Gasteiger partial charge < -0.3 is 20.9 Å². The summed E-state index contributed by atoms with van der Waals surface area (Å²) in [5.41, 5.74) is 8.96. The van der Waals surface area contributed by atoms with E-state index in [1.807, 2.05) is 13.0 Å². The maximum Gasteiger partial charge on any atom is 0.317 e. The van der Waals surface area contributed by atoms with Gasteiger partial charge in [0, 0.05) is 12.2 Å². The van der Waals surface area contributed by atoms with E-state index < -0.39 is 5.97 Å². The summed E-state index contributed by atoms with van der Waals surface area (Å²) >= 11 is 0. The highest BCUT2D eigenvalue weighted by Crippen LogP contribution is 2.19. The van der Waals surface area contributed by atoms with Crippen LogP contribution in [0.2, 0.25) is 0 Å². The molecule has 0 spiro atoms. The van der Waals surface area contributed by atoms with Crippen LogP contribution in [-0.2, 0) is 27.3 Å². The highest BCUT2D eigenvalue weighted by atomic mass is 16.5. The van der Waals surface area contributed by atoms with Crippen LogP contribution in [0.15, 0.2) is 12.1 Å². The highest BCUT2D eigenvalue weighted by Gasteiger charge is 2.09. The Kier molecular flexibility index (Phi) is 5.32. The number of carboxylic acid groups (broad SMARTS) is 1. The van der Waals surface area contributed by atoms with Crippen LogP contribution < -0.4 is 11.1 Å². The average Bonchev–Trinajstić information content (AvgIpc) is 2.34. The van der Waals surface area contributed by atoms with Gasteiger partial charge in [0.2, 0.25) is 0 Å². The predicted octanol–water partition coefficient (Wildman–Crippen LogP) is 0.467. The standard InChI is InChI=1S/C13H18N2O4/c1-8-10(6-15-7-12(16)17)3-9(4-11(8)14)5-13(18)19-2/h3-4,15H,5-7,14H2,1-2H3,(H,16,17). The van der Waals surface area contributed by atoms with Crippen molar-refractivity contribution in [2.75, 3.05) is 19.4 Å². The lowest BCUT2D eigenvalue weighted by Crippen LogP contribution is -2.22. The van der Waals surface area contributed by atoms with Gasteiger partial charge in [0.05, 0.1) is 20.1 Å². The Balaban J connectivity index is 2.84. The van der Waals surface area contributed by atoms with E-state index in [4.69, 9.17) is 10.8 Å². The fourth-order valence-corrected chi connectivity index (χ4v) is 1.70. The number of rotatable bonds is 6. The smallest absolute Gasteiger partial charge is 0.317 e. The third kappa shape index (κ3) is 4.59. The van der Waals surface area contributed by atoms with E-state index in [-0.39, 0.29) is 18.9 Å². The van der Waals surface area contributed by atoms with Crippen LogP contribution in [0.1, 0.15) is 16.7 Å². The number of methoxy groups -OCH3 is 1. The molecule has 0 aliphatic heterocycles. The van der Waals surface area contributed by atoms with E-state index in [2.05, 4.69) is 10.1 Å². The van der Waals surface area contributed by atoms with Crippen LogP contribution in [0.3, 0.4) is 0 Å². The molecule has 0 unspecified atom stereocenters. The Labute approximate surface area is 111 Å². The number of benzene rings is 1. The molecule has 1 aromatic carbocycles. The van der Waals surface area contributed by atoms with E-state index in [1.54, 1.807) is 6.07 Å². The SMILES string of the molecule is COC(=O)Cc1cc(N)c(C)c(CNCC(=O)O)c1. The molecular weight excluding hydrogens is 248 g/mol. The van der Waals surface area contributed by atoms with E-state index in [0.717, 1.165) is 16.7 Å². The summed E-state index contributed by atoms with van der Waals surface area (Å²) in [4.78, 5) is 21.7. The first kappa shape index (κ1) is 15.0. The Hall–Kier alpha value is -2.08. The number of ether oxygens (including phenoxy) is 1. The number of nitrogen functional groups attached to an aromatic ring is 1. The molecule has 4 N–H and O–H groups in total. The van der Waals surface area contributed by atoms with E-state index >= 15 is 0 Å². The maximum absolute atomic E-state index is 11.2. The first-order valence-electron chi connectivity index (χ1n) is 5.81. The number of nitrogens with two attached hydrogens (primary N) is 1. The number of esters is 1. The fraction of sp³-hybridized carbons (Fsp3) is 0.385. The monoisotopic (exact) mass is 266 g/mol. The quantitative estimate of drug-likeness (QED) is 0.511. The number of carbonyl (C=O) groups is 2. The minimum atomic E-state index is -0.920. The van der Waals surface area contributed by atoms with Crippen LogP contribution in [0, 0.1) is 6.92 Å². The van der Waals surface area contributed by atoms with E-state index in [0.29, 0.717) is 12.2 Å². The van der Waals surface area contributed by atoms with Crippen LogP contribution in [0.4, 0.5) is 5.69 Å². The van der Waals surface area contributed by atoms with Crippen LogP contribution in [0.25, 0.3) is 0 Å². The van der Waals surface area contributed by atoms with Crippen molar-refractivity contribution in [2.24, 2.45) is 0 Å². The molecule has 0 radical (unpaired) electrons. The third-order valence-corrected chi connectivity index (χ3v) is 2.78. The minimum Gasteiger partial charge on any atom is -0.480 e. The molecule has 0 heterocycles. The van der Waals surface area contributed by atoms with Crippen molar-refractivity contribution in [2.45, 2.75) is 19.9 Å². The molecule has 0 aliphatic carbocycles. The summed E-state index contributed by atoms with van der Waals surface area (Å²) in [6.45, 7) is 2.12. The molecule has 6 heteroatoms. The summed E-state index contributed by atoms with van der Waals surface area (Å²) in [5, 5.41) is 11.4. The molecule has 0 atom stereocenters. The van der Waals surface area contributed by atoms with Crippen molar-refractivity contribution in [3.05, 3.63) is 28.8 Å². The van der Waals surface area contributed by atoms with Crippen molar-refractivity contribution in [3.63, 3.8) is 0 Å². The van der Waals surface area contributed by atoms with Gasteiger partial charge in [-0.2, -0.15) is 0 Å². The van der Waals surface area contributed by atoms with Gasteiger partial charge in [-0.1, -0.05) is 6.07 Å². The fourth-order valence-electron chi connectivity index (χ4n) is 1.70. The van der Waals surface area contributed by atoms with Gasteiger partial charge in [-0.3, -0.25) is 9.59 Å². The van der Waals surface area contributed by atoms with Gasteiger partial charge in [-0.15, -0.1) is 0 Å². The van der Waals surface area contributed by atoms with E-state index in [1.165, 1.54) is 7.11 Å². The minimum absolute atomic E-state index is 0.124. The van der Waals surface area contributed by atoms with E-state index in [9.17, 15) is 9.59 Å². The molecule has 0 aromatic heterocycles. The molecule has 6 nitrogen and oxygen atoms in total. The van der Waals surface area contributed by atoms with Gasteiger partial charge in [0.15, 0.2) is 0 Å². The Bertz CT molecular complexity index is 486. The van der Waals surface area contributed by atoms with Crippen molar-refractivity contribution in [3.8, 4) is 0 Å². The molecule has 1 aromatic rings. The van der Waals surface area contributed by atoms with Crippen LogP contribution >= 0.6 is 0 Å². The predicted molar refractivity (Wildman–Crippen MR) is 70.7 cm³/mol. The summed E-state index contributed by atoms with van der Waals surface area (Å²) in [7, 11) is 1.33. The molecule has 0 amide bonds. The lowest BCUT2D eigenvalue weighted by molar-refractivity contribution is -0.140. The zero-order chi connectivity index (χ0) is 14.4. The number of carbonyl (C=O) groups excluding carboxylic acids is 1. The molecule has 0 aliphatic rings. The number of aliphatic carboxylic acids is 1. The lowest BCUT2D eigenvalue weighted by Gasteiger charge is -2.12. The molecular formula is C13H18N2O4. The summed E-state index contributed by atoms with van der Waals surface area (Å²) in [6.07, 6.45) is 0.146. The molecule has 0 bridgehead atoms. The van der Waals surface area contributed by atoms with Crippen molar-refractivity contribution < 1.29 is 19.4 Å². The molecule has 0 saturated carbocycles. The number of carboxylic acids is 1. The van der Waals surface area contributed by atoms with Gasteiger partial charge in [-0.25, -0.2) is 0 Å². The van der Waals surface area contributed by atoms with Gasteiger partial charge in [0.25, 0.3) is 0 Å². The first-order valence-corrected chi connectivity index (χ1v) is 5.81. The second-order valence-corrected chi connectivity index (χ2v) is 4.22. The second kappa shape index (κ2) is 6.75. The third-order valence-electron chi connectivity index (χ3n) is 2.78. The molecule has 0 fully saturated rings. The summed E-state index contributed by atoms with van der Waals surface area (Å²) in [6, 6.07) is 3.56. The van der Waals surface area contributed by atoms with Crippen molar-refractivity contribution in [1.82, 2.24) is 5.32 Å². The normalized spacial score (nSPS) is 10.2. The number of hydrogen-bond donors (Lipinski definition) is 3. The topological polar surface area (TPSA) is 102 Å². The highest BCUT2D eigenvalue weighted by molar-refractivity contribution is 5.73. The lowest BCUT2D eigenvalue weighted by atomic mass is 10.0. The van der Waals surface area contributed by atoms with Gasteiger partial charge in [0.1, 0.15) is 0 Å². The largest absolute Gasteiger partial charge is 0.480 e. The molecule has 104 valence electrons. The Morgan fingerprint density at radius 2 is 2.11 bits per heavy atom. The Morgan fingerprint density at radius 1 is 1.42 bits per heavy atom. The zero-order valence-corrected chi connectivity index (χ0v) is 11.0. The number of hydrogen-bond acceptors (Lipinski definition) is 5. The molecule has 0 saturated heterocycles. The summed E-state index contributed by atoms with van der Waals surface area (Å²) < 4.78 is 4.60. The maximum atomic E-state index is 11.2. The van der Waals surface area contributed by atoms with Gasteiger partial charge in [-0.05, 0) is 29.7 Å². The molecule has 19 heavy (non-hydrogen) atoms. The first-order chi connectivity index (χ1) is 8.93. The van der Waals surface area contributed by atoms with Crippen molar-refractivity contribution >= 4 is 17.6 Å². The average molecular weight is 266 g/mol. The molecule has 1 rings (SSSR count). The second-order valence-electron chi connectivity index (χ2n) is 4.22. The van der Waals surface area contributed by atoms with Crippen LogP contribution in [-0.4, -0.2) is 30.7 Å². The van der Waals surface area contributed by atoms with Crippen LogP contribution in [0.5, 0.6) is 0 Å².